The van der Waals surface area contributed by atoms with Crippen molar-refractivity contribution in [2.45, 2.75) is 25.9 Å². The molecule has 0 spiro atoms. The highest BCUT2D eigenvalue weighted by Gasteiger charge is 2.08. The van der Waals surface area contributed by atoms with Crippen LogP contribution in [-0.2, 0) is 4.79 Å². The van der Waals surface area contributed by atoms with Crippen molar-refractivity contribution in [3.8, 4) is 0 Å². The van der Waals surface area contributed by atoms with Crippen molar-refractivity contribution in [3.05, 3.63) is 34.9 Å². The van der Waals surface area contributed by atoms with E-state index in [4.69, 9.17) is 11.6 Å². The van der Waals surface area contributed by atoms with Crippen LogP contribution in [-0.4, -0.2) is 36.1 Å². The van der Waals surface area contributed by atoms with Gasteiger partial charge in [-0.05, 0) is 37.1 Å². The monoisotopic (exact) mass is 298 g/mol. The van der Waals surface area contributed by atoms with Gasteiger partial charge in [0, 0.05) is 17.1 Å². The fourth-order valence-corrected chi connectivity index (χ4v) is 1.63. The van der Waals surface area contributed by atoms with Crippen molar-refractivity contribution in [1.29, 1.82) is 0 Å². The predicted octanol–water partition coefficient (Wildman–Crippen LogP) is 1.35. The Bertz CT molecular complexity index is 448. The van der Waals surface area contributed by atoms with Crippen LogP contribution in [0.15, 0.2) is 24.3 Å². The molecule has 6 heteroatoms. The number of nitrogens with one attached hydrogen (secondary N) is 2. The van der Waals surface area contributed by atoms with Crippen LogP contribution in [0.25, 0.3) is 0 Å². The van der Waals surface area contributed by atoms with Crippen molar-refractivity contribution >= 4 is 23.4 Å². The minimum absolute atomic E-state index is 0.0936. The van der Waals surface area contributed by atoms with Crippen LogP contribution in [0.2, 0.25) is 5.02 Å². The Labute approximate surface area is 123 Å². The summed E-state index contributed by atoms with van der Waals surface area (Å²) in [5.74, 6) is -0.610. The van der Waals surface area contributed by atoms with Gasteiger partial charge in [0.05, 0.1) is 12.6 Å². The predicted molar refractivity (Wildman–Crippen MR) is 77.7 cm³/mol. The Balaban J connectivity index is 2.27. The lowest BCUT2D eigenvalue weighted by atomic mass is 10.2. The average molecular weight is 299 g/mol. The topological polar surface area (TPSA) is 78.4 Å². The van der Waals surface area contributed by atoms with Gasteiger partial charge in [-0.3, -0.25) is 9.59 Å². The van der Waals surface area contributed by atoms with Gasteiger partial charge >= 0.3 is 0 Å². The van der Waals surface area contributed by atoms with Gasteiger partial charge in [0.1, 0.15) is 0 Å². The Morgan fingerprint density at radius 3 is 2.50 bits per heavy atom. The molecule has 110 valence electrons. The average Bonchev–Trinajstić information content (AvgIpc) is 2.45. The number of halogens is 1. The second-order valence-electron chi connectivity index (χ2n) is 4.39. The third-order valence-electron chi connectivity index (χ3n) is 2.79. The Morgan fingerprint density at radius 1 is 1.25 bits per heavy atom. The molecule has 0 saturated carbocycles. The number of carbonyl (C=O) groups is 2. The molecular formula is C14H19ClN2O3. The van der Waals surface area contributed by atoms with E-state index in [0.29, 0.717) is 30.0 Å². The lowest BCUT2D eigenvalue weighted by Crippen LogP contribution is -2.37. The maximum absolute atomic E-state index is 11.7. The summed E-state index contributed by atoms with van der Waals surface area (Å²) in [7, 11) is 0. The molecule has 1 unspecified atom stereocenters. The van der Waals surface area contributed by atoms with Crippen molar-refractivity contribution in [2.75, 3.05) is 13.1 Å². The number of hydrogen-bond donors (Lipinski definition) is 3. The first-order valence-corrected chi connectivity index (χ1v) is 6.89. The Hall–Kier alpha value is -1.59. The van der Waals surface area contributed by atoms with E-state index in [1.807, 2.05) is 6.92 Å². The smallest absolute Gasteiger partial charge is 0.251 e. The summed E-state index contributed by atoms with van der Waals surface area (Å²) >= 11 is 5.72. The molecule has 2 amide bonds. The van der Waals surface area contributed by atoms with Crippen LogP contribution in [0.3, 0.4) is 0 Å². The molecule has 1 rings (SSSR count). The van der Waals surface area contributed by atoms with Gasteiger partial charge in [-0.15, -0.1) is 0 Å². The first-order valence-electron chi connectivity index (χ1n) is 6.51. The molecule has 0 heterocycles. The van der Waals surface area contributed by atoms with Crippen LogP contribution >= 0.6 is 11.6 Å². The molecule has 0 aliphatic rings. The van der Waals surface area contributed by atoms with Crippen molar-refractivity contribution < 1.29 is 14.7 Å². The van der Waals surface area contributed by atoms with E-state index in [1.165, 1.54) is 0 Å². The fraction of sp³-hybridized carbons (Fsp3) is 0.429. The lowest BCUT2D eigenvalue weighted by molar-refractivity contribution is -0.120. The number of aliphatic hydroxyl groups excluding tert-OH is 1. The summed E-state index contributed by atoms with van der Waals surface area (Å²) in [6.45, 7) is 2.17. The normalized spacial score (nSPS) is 11.8. The highest BCUT2D eigenvalue weighted by atomic mass is 35.5. The van der Waals surface area contributed by atoms with Gasteiger partial charge in [0.2, 0.25) is 5.91 Å². The van der Waals surface area contributed by atoms with E-state index in [9.17, 15) is 14.7 Å². The summed E-state index contributed by atoms with van der Waals surface area (Å²) in [5, 5.41) is 15.0. The molecule has 1 aromatic carbocycles. The van der Waals surface area contributed by atoms with Crippen molar-refractivity contribution in [1.82, 2.24) is 10.6 Å². The zero-order chi connectivity index (χ0) is 15.0. The molecular weight excluding hydrogens is 280 g/mol. The number of amides is 2. The van der Waals surface area contributed by atoms with E-state index in [1.54, 1.807) is 24.3 Å². The van der Waals surface area contributed by atoms with E-state index in [-0.39, 0.29) is 18.4 Å². The standard InChI is InChI=1S/C14H19ClN2O3/c1-2-12(18)7-8-16-13(19)9-17-14(20)10-3-5-11(15)6-4-10/h3-6,12,18H,2,7-9H2,1H3,(H,16,19)(H,17,20). The molecule has 0 fully saturated rings. The van der Waals surface area contributed by atoms with E-state index < -0.39 is 6.10 Å². The van der Waals surface area contributed by atoms with Gasteiger partial charge in [-0.2, -0.15) is 0 Å². The van der Waals surface area contributed by atoms with Gasteiger partial charge in [-0.1, -0.05) is 18.5 Å². The lowest BCUT2D eigenvalue weighted by Gasteiger charge is -2.09. The van der Waals surface area contributed by atoms with E-state index >= 15 is 0 Å². The van der Waals surface area contributed by atoms with Gasteiger partial charge in [0.25, 0.3) is 5.91 Å². The molecule has 0 aliphatic heterocycles. The number of hydrogen-bond acceptors (Lipinski definition) is 3. The zero-order valence-electron chi connectivity index (χ0n) is 11.4. The van der Waals surface area contributed by atoms with Crippen LogP contribution in [0.5, 0.6) is 0 Å². The molecule has 0 bridgehead atoms. The summed E-state index contributed by atoms with van der Waals surface area (Å²) in [6.07, 6.45) is 0.759. The SMILES string of the molecule is CCC(O)CCNC(=O)CNC(=O)c1ccc(Cl)cc1. The maximum Gasteiger partial charge on any atom is 0.251 e. The zero-order valence-corrected chi connectivity index (χ0v) is 12.1. The van der Waals surface area contributed by atoms with Crippen LogP contribution in [0.1, 0.15) is 30.1 Å². The molecule has 0 aliphatic carbocycles. The van der Waals surface area contributed by atoms with Gasteiger partial charge in [-0.25, -0.2) is 0 Å². The van der Waals surface area contributed by atoms with Gasteiger partial charge in [0.15, 0.2) is 0 Å². The van der Waals surface area contributed by atoms with E-state index in [0.717, 1.165) is 0 Å². The number of benzene rings is 1. The molecule has 0 saturated heterocycles. The van der Waals surface area contributed by atoms with Crippen molar-refractivity contribution in [3.63, 3.8) is 0 Å². The molecule has 20 heavy (non-hydrogen) atoms. The fourth-order valence-electron chi connectivity index (χ4n) is 1.51. The third-order valence-corrected chi connectivity index (χ3v) is 3.04. The minimum Gasteiger partial charge on any atom is -0.393 e. The van der Waals surface area contributed by atoms with E-state index in [2.05, 4.69) is 10.6 Å². The third kappa shape index (κ3) is 6.04. The molecule has 1 atom stereocenters. The first-order chi connectivity index (χ1) is 9.52. The summed E-state index contributed by atoms with van der Waals surface area (Å²) in [6, 6.07) is 6.41. The van der Waals surface area contributed by atoms with Crippen LogP contribution < -0.4 is 10.6 Å². The molecule has 3 N–H and O–H groups in total. The quantitative estimate of drug-likeness (QED) is 0.711. The molecule has 0 aromatic heterocycles. The minimum atomic E-state index is -0.404. The second kappa shape index (κ2) is 8.55. The number of carbonyl (C=O) groups excluding carboxylic acids is 2. The molecule has 0 radical (unpaired) electrons. The van der Waals surface area contributed by atoms with Crippen LogP contribution in [0.4, 0.5) is 0 Å². The Kier molecular flexibility index (Phi) is 7.04. The highest BCUT2D eigenvalue weighted by molar-refractivity contribution is 6.30. The van der Waals surface area contributed by atoms with Crippen molar-refractivity contribution in [2.24, 2.45) is 0 Å². The first kappa shape index (κ1) is 16.5. The maximum atomic E-state index is 11.7. The molecule has 1 aromatic rings. The number of aliphatic hydroxyl groups is 1. The van der Waals surface area contributed by atoms with Gasteiger partial charge < -0.3 is 15.7 Å². The summed E-state index contributed by atoms with van der Waals surface area (Å²) < 4.78 is 0. The highest BCUT2D eigenvalue weighted by Crippen LogP contribution is 2.09. The number of rotatable bonds is 7. The van der Waals surface area contributed by atoms with Crippen LogP contribution in [0, 0.1) is 0 Å². The Morgan fingerprint density at radius 2 is 1.90 bits per heavy atom. The largest absolute Gasteiger partial charge is 0.393 e. The summed E-state index contributed by atoms with van der Waals surface area (Å²) in [4.78, 5) is 23.2. The molecule has 5 nitrogen and oxygen atoms in total. The summed E-state index contributed by atoms with van der Waals surface area (Å²) in [5.41, 5.74) is 0.448. The second-order valence-corrected chi connectivity index (χ2v) is 4.83.